The van der Waals surface area contributed by atoms with E-state index in [-0.39, 0.29) is 18.4 Å². The number of hydrogen-bond donors (Lipinski definition) is 1. The van der Waals surface area contributed by atoms with Crippen LogP contribution in [0.3, 0.4) is 0 Å². The number of carboxylic acid groups (broad SMARTS) is 1. The summed E-state index contributed by atoms with van der Waals surface area (Å²) >= 11 is 0. The van der Waals surface area contributed by atoms with E-state index in [2.05, 4.69) is 19.7 Å². The molecule has 0 unspecified atom stereocenters. The van der Waals surface area contributed by atoms with Crippen molar-refractivity contribution in [1.82, 2.24) is 10.2 Å². The van der Waals surface area contributed by atoms with Crippen LogP contribution in [-0.4, -0.2) is 40.7 Å². The molecule has 0 aromatic carbocycles. The third-order valence-corrected chi connectivity index (χ3v) is 1.45. The Balaban J connectivity index is 2.28. The molecule has 0 amide bonds. The van der Waals surface area contributed by atoms with Gasteiger partial charge in [-0.05, 0) is 0 Å². The third-order valence-electron chi connectivity index (χ3n) is 1.45. The van der Waals surface area contributed by atoms with Gasteiger partial charge in [-0.15, -0.1) is 10.2 Å². The summed E-state index contributed by atoms with van der Waals surface area (Å²) in [5.74, 6) is -1.35. The van der Waals surface area contributed by atoms with Crippen LogP contribution in [0.2, 0.25) is 0 Å². The van der Waals surface area contributed by atoms with E-state index in [1.54, 1.807) is 0 Å². The average molecular weight is 270 g/mol. The zero-order valence-electron chi connectivity index (χ0n) is 8.94. The highest BCUT2D eigenvalue weighted by atomic mass is 19.4. The Morgan fingerprint density at radius 1 is 1.22 bits per heavy atom. The van der Waals surface area contributed by atoms with E-state index < -0.39 is 32.0 Å². The highest BCUT2D eigenvalue weighted by molar-refractivity contribution is 5.67. The van der Waals surface area contributed by atoms with Crippen molar-refractivity contribution in [2.45, 2.75) is 19.4 Å². The number of carboxylic acids is 1. The Labute approximate surface area is 98.5 Å². The lowest BCUT2D eigenvalue weighted by atomic mass is 10.6. The molecule has 1 heterocycles. The van der Waals surface area contributed by atoms with Gasteiger partial charge < -0.3 is 19.0 Å². The monoisotopic (exact) mass is 270 g/mol. The van der Waals surface area contributed by atoms with E-state index in [0.29, 0.717) is 0 Å². The van der Waals surface area contributed by atoms with E-state index in [1.165, 1.54) is 0 Å². The van der Waals surface area contributed by atoms with Crippen molar-refractivity contribution in [2.24, 2.45) is 0 Å². The predicted molar refractivity (Wildman–Crippen MR) is 47.3 cm³/mol. The average Bonchev–Trinajstić information content (AvgIpc) is 2.63. The Bertz CT molecular complexity index is 392. The van der Waals surface area contributed by atoms with Crippen LogP contribution in [0.5, 0.6) is 0 Å². The Morgan fingerprint density at radius 2 is 1.78 bits per heavy atom. The van der Waals surface area contributed by atoms with Gasteiger partial charge in [0.2, 0.25) is 11.8 Å². The molecule has 0 aliphatic carbocycles. The number of ether oxygens (including phenoxy) is 2. The molecule has 0 aliphatic heterocycles. The van der Waals surface area contributed by atoms with Gasteiger partial charge in [-0.2, -0.15) is 13.2 Å². The van der Waals surface area contributed by atoms with E-state index in [0.717, 1.165) is 0 Å². The number of hydrogen-bond acceptors (Lipinski definition) is 6. The number of aromatic nitrogens is 2. The number of alkyl halides is 3. The van der Waals surface area contributed by atoms with Crippen LogP contribution in [0, 0.1) is 0 Å². The van der Waals surface area contributed by atoms with Gasteiger partial charge in [-0.1, -0.05) is 0 Å². The summed E-state index contributed by atoms with van der Waals surface area (Å²) in [5, 5.41) is 15.1. The summed E-state index contributed by atoms with van der Waals surface area (Å²) in [5.41, 5.74) is 0. The lowest BCUT2D eigenvalue weighted by Gasteiger charge is -2.04. The molecule has 7 nitrogen and oxygen atoms in total. The van der Waals surface area contributed by atoms with Gasteiger partial charge in [0.1, 0.15) is 26.4 Å². The maximum atomic E-state index is 11.7. The highest BCUT2D eigenvalue weighted by Crippen LogP contribution is 2.15. The topological polar surface area (TPSA) is 94.7 Å². The van der Waals surface area contributed by atoms with Crippen molar-refractivity contribution in [3.05, 3.63) is 11.8 Å². The minimum absolute atomic E-state index is 0.0399. The van der Waals surface area contributed by atoms with Crippen LogP contribution in [0.1, 0.15) is 11.8 Å². The van der Waals surface area contributed by atoms with Crippen LogP contribution in [0.25, 0.3) is 0 Å². The van der Waals surface area contributed by atoms with E-state index in [1.807, 2.05) is 0 Å². The lowest BCUT2D eigenvalue weighted by molar-refractivity contribution is -0.177. The molecule has 1 rings (SSSR count). The molecule has 1 aromatic heterocycles. The SMILES string of the molecule is O=C(O)COCc1nnc(COCC(F)(F)F)o1. The van der Waals surface area contributed by atoms with E-state index >= 15 is 0 Å². The lowest BCUT2D eigenvalue weighted by Crippen LogP contribution is -2.16. The summed E-state index contributed by atoms with van der Waals surface area (Å²) in [4.78, 5) is 10.1. The standard InChI is InChI=1S/C8H9F3N2O5/c9-8(10,11)4-17-2-6-13-12-5(18-6)1-16-3-7(14)15/h1-4H2,(H,14,15). The van der Waals surface area contributed by atoms with Crippen LogP contribution in [-0.2, 0) is 27.5 Å². The van der Waals surface area contributed by atoms with Crippen molar-refractivity contribution in [3.8, 4) is 0 Å². The van der Waals surface area contributed by atoms with Gasteiger partial charge in [0.15, 0.2) is 0 Å². The maximum absolute atomic E-state index is 11.7. The highest BCUT2D eigenvalue weighted by Gasteiger charge is 2.27. The molecule has 0 spiro atoms. The van der Waals surface area contributed by atoms with E-state index in [9.17, 15) is 18.0 Å². The summed E-state index contributed by atoms with van der Waals surface area (Å²) < 4.78 is 49.0. The number of carbonyl (C=O) groups is 1. The molecule has 10 heteroatoms. The van der Waals surface area contributed by atoms with Gasteiger partial charge in [-0.25, -0.2) is 4.79 Å². The maximum Gasteiger partial charge on any atom is 0.411 e. The molecule has 0 atom stereocenters. The van der Waals surface area contributed by atoms with Crippen molar-refractivity contribution in [1.29, 1.82) is 0 Å². The number of nitrogens with zero attached hydrogens (tertiary/aromatic N) is 2. The molecule has 0 bridgehead atoms. The summed E-state index contributed by atoms with van der Waals surface area (Å²) in [7, 11) is 0. The van der Waals surface area contributed by atoms with Gasteiger partial charge in [0.05, 0.1) is 0 Å². The molecule has 102 valence electrons. The number of aliphatic carboxylic acids is 1. The second-order valence-corrected chi connectivity index (χ2v) is 3.08. The van der Waals surface area contributed by atoms with Crippen LogP contribution < -0.4 is 0 Å². The molecule has 0 saturated carbocycles. The Hall–Kier alpha value is -1.68. The van der Waals surface area contributed by atoms with Gasteiger partial charge in [-0.3, -0.25) is 0 Å². The van der Waals surface area contributed by atoms with Crippen molar-refractivity contribution >= 4 is 5.97 Å². The molecule has 0 saturated heterocycles. The first kappa shape index (κ1) is 14.4. The fraction of sp³-hybridized carbons (Fsp3) is 0.625. The zero-order chi connectivity index (χ0) is 13.6. The fourth-order valence-electron chi connectivity index (χ4n) is 0.885. The number of rotatable bonds is 7. The van der Waals surface area contributed by atoms with Crippen molar-refractivity contribution in [3.63, 3.8) is 0 Å². The quantitative estimate of drug-likeness (QED) is 0.781. The molecule has 18 heavy (non-hydrogen) atoms. The predicted octanol–water partition coefficient (Wildman–Crippen LogP) is 0.750. The first-order valence-electron chi connectivity index (χ1n) is 4.62. The summed E-state index contributed by atoms with van der Waals surface area (Å²) in [6.07, 6.45) is -4.42. The minimum Gasteiger partial charge on any atom is -0.480 e. The molecule has 0 aliphatic rings. The molecule has 0 radical (unpaired) electrons. The Morgan fingerprint density at radius 3 is 2.28 bits per heavy atom. The van der Waals surface area contributed by atoms with Gasteiger partial charge >= 0.3 is 12.1 Å². The molecule has 1 aromatic rings. The minimum atomic E-state index is -4.42. The van der Waals surface area contributed by atoms with Crippen LogP contribution in [0.15, 0.2) is 4.42 Å². The Kier molecular flexibility index (Phi) is 5.04. The van der Waals surface area contributed by atoms with E-state index in [4.69, 9.17) is 9.52 Å². The zero-order valence-corrected chi connectivity index (χ0v) is 8.94. The first-order chi connectivity index (χ1) is 8.37. The van der Waals surface area contributed by atoms with Crippen LogP contribution >= 0.6 is 0 Å². The number of halogens is 3. The largest absolute Gasteiger partial charge is 0.480 e. The second kappa shape index (κ2) is 6.31. The fourth-order valence-corrected chi connectivity index (χ4v) is 0.885. The molecular formula is C8H9F3N2O5. The first-order valence-corrected chi connectivity index (χ1v) is 4.62. The van der Waals surface area contributed by atoms with Gasteiger partial charge in [0.25, 0.3) is 0 Å². The summed E-state index contributed by atoms with van der Waals surface area (Å²) in [6, 6.07) is 0. The normalized spacial score (nSPS) is 11.7. The molecule has 1 N–H and O–H groups in total. The molecule has 0 fully saturated rings. The van der Waals surface area contributed by atoms with Crippen molar-refractivity contribution in [2.75, 3.05) is 13.2 Å². The molecular weight excluding hydrogens is 261 g/mol. The van der Waals surface area contributed by atoms with Crippen LogP contribution in [0.4, 0.5) is 13.2 Å². The summed E-state index contributed by atoms with van der Waals surface area (Å²) in [6.45, 7) is -2.67. The van der Waals surface area contributed by atoms with Gasteiger partial charge in [0, 0.05) is 0 Å². The van der Waals surface area contributed by atoms with Crippen molar-refractivity contribution < 1.29 is 37.0 Å². The third kappa shape index (κ3) is 6.15. The smallest absolute Gasteiger partial charge is 0.411 e. The second-order valence-electron chi connectivity index (χ2n) is 3.08.